The highest BCUT2D eigenvalue weighted by atomic mass is 35.5. The van der Waals surface area contributed by atoms with E-state index in [1.54, 1.807) is 29.1 Å². The number of hydrogen-bond donors (Lipinski definition) is 2. The molecule has 2 amide bonds. The smallest absolute Gasteiger partial charge is 0.240 e. The van der Waals surface area contributed by atoms with E-state index in [2.05, 4.69) is 20.7 Å². The number of hydrogen-bond acceptors (Lipinski definition) is 5. The molecule has 1 unspecified atom stereocenters. The lowest BCUT2D eigenvalue weighted by Crippen LogP contribution is -2.43. The number of rotatable bonds is 1. The minimum Gasteiger partial charge on any atom is -0.325 e. The quantitative estimate of drug-likeness (QED) is 0.490. The van der Waals surface area contributed by atoms with Gasteiger partial charge in [-0.05, 0) is 35.9 Å². The first-order valence-electron chi connectivity index (χ1n) is 8.92. The number of anilines is 2. The van der Waals surface area contributed by atoms with Crippen molar-refractivity contribution < 1.29 is 9.59 Å². The Kier molecular flexibility index (Phi) is 3.25. The minimum absolute atomic E-state index is 0.00921. The fraction of sp³-hybridized carbons (Fsp3) is 0.100. The van der Waals surface area contributed by atoms with E-state index in [9.17, 15) is 9.59 Å². The van der Waals surface area contributed by atoms with Crippen molar-refractivity contribution in [1.82, 2.24) is 14.8 Å². The Morgan fingerprint density at radius 3 is 2.83 bits per heavy atom. The first-order valence-corrected chi connectivity index (χ1v) is 10.1. The number of nitrogens with zero attached hydrogens (tertiary/aromatic N) is 3. The van der Waals surface area contributed by atoms with Gasteiger partial charge in [0.05, 0.1) is 16.4 Å². The van der Waals surface area contributed by atoms with Crippen LogP contribution in [0.2, 0.25) is 5.02 Å². The number of amides is 2. The van der Waals surface area contributed by atoms with E-state index in [1.807, 2.05) is 24.3 Å². The molecule has 2 aromatic carbocycles. The summed E-state index contributed by atoms with van der Waals surface area (Å²) in [6, 6.07) is 13.0. The van der Waals surface area contributed by atoms with Crippen LogP contribution in [-0.4, -0.2) is 26.6 Å². The highest BCUT2D eigenvalue weighted by Gasteiger charge is 2.54. The highest BCUT2D eigenvalue weighted by molar-refractivity contribution is 7.20. The van der Waals surface area contributed by atoms with Gasteiger partial charge in [0.25, 0.3) is 0 Å². The van der Waals surface area contributed by atoms with Crippen molar-refractivity contribution in [2.24, 2.45) is 0 Å². The van der Waals surface area contributed by atoms with Crippen molar-refractivity contribution in [3.63, 3.8) is 0 Å². The van der Waals surface area contributed by atoms with E-state index < -0.39 is 5.41 Å². The second-order valence-corrected chi connectivity index (χ2v) is 8.50. The molecule has 142 valence electrons. The molecule has 0 saturated carbocycles. The molecule has 1 atom stereocenters. The summed E-state index contributed by atoms with van der Waals surface area (Å²) >= 11 is 7.68. The molecule has 9 heteroatoms. The van der Waals surface area contributed by atoms with Gasteiger partial charge in [0, 0.05) is 22.7 Å². The van der Waals surface area contributed by atoms with Crippen LogP contribution >= 0.6 is 22.9 Å². The summed E-state index contributed by atoms with van der Waals surface area (Å²) in [5, 5.41) is 11.4. The van der Waals surface area contributed by atoms with Crippen LogP contribution in [0.1, 0.15) is 17.5 Å². The summed E-state index contributed by atoms with van der Waals surface area (Å²) in [6.07, 6.45) is 1.63. The third-order valence-corrected chi connectivity index (χ3v) is 6.70. The molecule has 7 nitrogen and oxygen atoms in total. The summed E-state index contributed by atoms with van der Waals surface area (Å²) in [7, 11) is 0. The maximum atomic E-state index is 13.1. The van der Waals surface area contributed by atoms with Gasteiger partial charge in [-0.3, -0.25) is 9.59 Å². The summed E-state index contributed by atoms with van der Waals surface area (Å²) in [5.74, 6) is -0.0543. The van der Waals surface area contributed by atoms with Crippen LogP contribution in [-0.2, 0) is 15.0 Å². The first-order chi connectivity index (χ1) is 14.1. The van der Waals surface area contributed by atoms with Crippen LogP contribution < -0.4 is 10.6 Å². The molecule has 0 fully saturated rings. The van der Waals surface area contributed by atoms with E-state index in [1.165, 1.54) is 11.3 Å². The minimum atomic E-state index is -1.16. The summed E-state index contributed by atoms with van der Waals surface area (Å²) < 4.78 is 2.61. The summed E-state index contributed by atoms with van der Waals surface area (Å²) in [5.41, 5.74) is 1.68. The Morgan fingerprint density at radius 1 is 1.10 bits per heavy atom. The molecular formula is C20H12ClN5O2S. The fourth-order valence-electron chi connectivity index (χ4n) is 4.16. The van der Waals surface area contributed by atoms with Gasteiger partial charge >= 0.3 is 0 Å². The lowest BCUT2D eigenvalue weighted by Gasteiger charge is -2.31. The first kappa shape index (κ1) is 16.7. The van der Waals surface area contributed by atoms with Crippen molar-refractivity contribution in [2.75, 3.05) is 10.6 Å². The average Bonchev–Trinajstić information content (AvgIpc) is 3.37. The van der Waals surface area contributed by atoms with Gasteiger partial charge < -0.3 is 10.6 Å². The highest BCUT2D eigenvalue weighted by Crippen LogP contribution is 2.50. The molecule has 0 bridgehead atoms. The van der Waals surface area contributed by atoms with E-state index >= 15 is 0 Å². The number of halogens is 1. The Bertz CT molecular complexity index is 1330. The molecular weight excluding hydrogens is 410 g/mol. The Hall–Kier alpha value is -3.23. The monoisotopic (exact) mass is 421 g/mol. The SMILES string of the molecule is O=C1CC2(C(=O)Nc3ccc(Cl)cc32)c2cnn(-c3nc4ccccc4s3)c2N1. The number of nitrogens with one attached hydrogen (secondary N) is 2. The lowest BCUT2D eigenvalue weighted by atomic mass is 9.72. The molecule has 4 aromatic rings. The largest absolute Gasteiger partial charge is 0.325 e. The number of benzene rings is 2. The summed E-state index contributed by atoms with van der Waals surface area (Å²) in [6.45, 7) is 0. The van der Waals surface area contributed by atoms with Crippen molar-refractivity contribution in [1.29, 1.82) is 0 Å². The Labute approximate surface area is 173 Å². The molecule has 2 aromatic heterocycles. The van der Waals surface area contributed by atoms with Crippen LogP contribution in [0.25, 0.3) is 15.3 Å². The third-order valence-electron chi connectivity index (χ3n) is 5.45. The van der Waals surface area contributed by atoms with Gasteiger partial charge in [-0.25, -0.2) is 4.98 Å². The predicted molar refractivity (Wildman–Crippen MR) is 111 cm³/mol. The van der Waals surface area contributed by atoms with Crippen LogP contribution in [0.15, 0.2) is 48.7 Å². The number of para-hydroxylation sites is 1. The molecule has 4 heterocycles. The second kappa shape index (κ2) is 5.65. The number of fused-ring (bicyclic) bond motifs is 5. The number of carbonyl (C=O) groups excluding carboxylic acids is 2. The van der Waals surface area contributed by atoms with Gasteiger partial charge in [0.2, 0.25) is 16.9 Å². The van der Waals surface area contributed by atoms with Crippen molar-refractivity contribution in [2.45, 2.75) is 11.8 Å². The number of aromatic nitrogens is 3. The normalized spacial score (nSPS) is 19.9. The molecule has 2 N–H and O–H groups in total. The molecule has 2 aliphatic rings. The van der Waals surface area contributed by atoms with Gasteiger partial charge in [-0.15, -0.1) is 0 Å². The van der Waals surface area contributed by atoms with Crippen molar-refractivity contribution in [3.8, 4) is 5.13 Å². The maximum absolute atomic E-state index is 13.1. The second-order valence-electron chi connectivity index (χ2n) is 7.06. The molecule has 29 heavy (non-hydrogen) atoms. The molecule has 0 saturated heterocycles. The van der Waals surface area contributed by atoms with Gasteiger partial charge in [0.15, 0.2) is 0 Å². The topological polar surface area (TPSA) is 88.9 Å². The molecule has 0 aliphatic carbocycles. The van der Waals surface area contributed by atoms with Crippen LogP contribution in [0.3, 0.4) is 0 Å². The van der Waals surface area contributed by atoms with E-state index in [0.29, 0.717) is 32.8 Å². The van der Waals surface area contributed by atoms with Gasteiger partial charge in [0.1, 0.15) is 11.2 Å². The van der Waals surface area contributed by atoms with E-state index in [4.69, 9.17) is 11.6 Å². The molecule has 6 rings (SSSR count). The van der Waals surface area contributed by atoms with Gasteiger partial charge in [-0.2, -0.15) is 9.78 Å². The van der Waals surface area contributed by atoms with Crippen LogP contribution in [0.5, 0.6) is 0 Å². The Balaban J connectivity index is 1.60. The van der Waals surface area contributed by atoms with E-state index in [0.717, 1.165) is 10.2 Å². The Morgan fingerprint density at radius 2 is 1.97 bits per heavy atom. The lowest BCUT2D eigenvalue weighted by molar-refractivity contribution is -0.125. The van der Waals surface area contributed by atoms with Crippen LogP contribution in [0.4, 0.5) is 11.5 Å². The summed E-state index contributed by atoms with van der Waals surface area (Å²) in [4.78, 5) is 30.5. The zero-order valence-electron chi connectivity index (χ0n) is 14.8. The molecule has 0 radical (unpaired) electrons. The fourth-order valence-corrected chi connectivity index (χ4v) is 5.26. The van der Waals surface area contributed by atoms with Crippen molar-refractivity contribution in [3.05, 3.63) is 64.8 Å². The van der Waals surface area contributed by atoms with E-state index in [-0.39, 0.29) is 18.2 Å². The van der Waals surface area contributed by atoms with Gasteiger partial charge in [-0.1, -0.05) is 35.1 Å². The standard InChI is InChI=1S/C20H12ClN5O2S/c21-10-5-6-13-11(7-10)20(18(28)23-13)8-16(27)25-17-12(20)9-22-26(17)19-24-14-3-1-2-4-15(14)29-19/h1-7,9H,8H2,(H,23,28)(H,25,27). The molecule has 1 spiro atoms. The average molecular weight is 422 g/mol. The maximum Gasteiger partial charge on any atom is 0.240 e. The van der Waals surface area contributed by atoms with Crippen LogP contribution in [0, 0.1) is 0 Å². The number of thiazole rings is 1. The zero-order chi connectivity index (χ0) is 19.8. The predicted octanol–water partition coefficient (Wildman–Crippen LogP) is 3.72. The zero-order valence-corrected chi connectivity index (χ0v) is 16.3. The third kappa shape index (κ3) is 2.18. The number of carbonyl (C=O) groups is 2. The van der Waals surface area contributed by atoms with Crippen molar-refractivity contribution >= 4 is 56.5 Å². The molecule has 2 aliphatic heterocycles.